The minimum atomic E-state index is -0.990. The number of carboxylic acids is 4. The predicted octanol–water partition coefficient (Wildman–Crippen LogP) is 3.12. The zero-order valence-corrected chi connectivity index (χ0v) is 18.4. The molecule has 0 amide bonds. The molecule has 4 N–H and O–H groups in total. The summed E-state index contributed by atoms with van der Waals surface area (Å²) >= 11 is 0. The maximum Gasteiger partial charge on any atom is 0.354 e. The van der Waals surface area contributed by atoms with Crippen molar-refractivity contribution in [1.82, 2.24) is 19.9 Å². The van der Waals surface area contributed by atoms with Crippen molar-refractivity contribution in [3.05, 3.63) is 120 Å². The van der Waals surface area contributed by atoms with E-state index in [9.17, 15) is 19.2 Å². The van der Waals surface area contributed by atoms with Crippen LogP contribution in [0.3, 0.4) is 0 Å². The van der Waals surface area contributed by atoms with Crippen LogP contribution in [0.1, 0.15) is 42.0 Å². The molecule has 0 aliphatic carbocycles. The maximum absolute atomic E-state index is 10.1. The van der Waals surface area contributed by atoms with Crippen LogP contribution in [0.2, 0.25) is 0 Å². The Morgan fingerprint density at radius 3 is 0.667 bits per heavy atom. The molecule has 0 aromatic carbocycles. The van der Waals surface area contributed by atoms with Crippen molar-refractivity contribution in [3.8, 4) is 0 Å². The third-order valence-electron chi connectivity index (χ3n) is 3.54. The first kappa shape index (κ1) is 28.5. The van der Waals surface area contributed by atoms with Crippen LogP contribution in [0.5, 0.6) is 0 Å². The molecule has 0 radical (unpaired) electrons. The lowest BCUT2D eigenvalue weighted by molar-refractivity contribution is 0.0680. The molecule has 36 heavy (non-hydrogen) atoms. The van der Waals surface area contributed by atoms with E-state index in [-0.39, 0.29) is 22.8 Å². The number of hydrogen-bond donors (Lipinski definition) is 4. The second-order valence-corrected chi connectivity index (χ2v) is 6.08. The Kier molecular flexibility index (Phi) is 12.8. The largest absolute Gasteiger partial charge is 0.477 e. The summed E-state index contributed by atoms with van der Waals surface area (Å²) in [5.74, 6) is -3.96. The van der Waals surface area contributed by atoms with E-state index in [0.29, 0.717) is 0 Å². The fourth-order valence-electron chi connectivity index (χ4n) is 1.96. The molecule has 0 bridgehead atoms. The van der Waals surface area contributed by atoms with Gasteiger partial charge in [-0.05, 0) is 48.5 Å². The lowest BCUT2D eigenvalue weighted by Crippen LogP contribution is -1.97. The molecular formula is C24H20N4O8. The molecule has 4 rings (SSSR count). The first-order chi connectivity index (χ1) is 17.2. The number of aromatic nitrogens is 4. The molecule has 0 fully saturated rings. The highest BCUT2D eigenvalue weighted by atomic mass is 16.4. The van der Waals surface area contributed by atoms with Gasteiger partial charge in [-0.25, -0.2) is 39.1 Å². The molecule has 0 aliphatic rings. The van der Waals surface area contributed by atoms with Crippen LogP contribution in [0.25, 0.3) is 0 Å². The van der Waals surface area contributed by atoms with E-state index in [1.165, 1.54) is 49.1 Å². The summed E-state index contributed by atoms with van der Waals surface area (Å²) in [6.07, 6.45) is 5.79. The normalized spacial score (nSPS) is 8.89. The van der Waals surface area contributed by atoms with Gasteiger partial charge in [-0.3, -0.25) is 0 Å². The van der Waals surface area contributed by atoms with Gasteiger partial charge in [0.2, 0.25) is 0 Å². The van der Waals surface area contributed by atoms with Gasteiger partial charge in [0, 0.05) is 24.8 Å². The van der Waals surface area contributed by atoms with Crippen LogP contribution in [-0.4, -0.2) is 64.2 Å². The summed E-state index contributed by atoms with van der Waals surface area (Å²) in [5, 5.41) is 33.3. The average Bonchev–Trinajstić information content (AvgIpc) is 2.92. The number of carboxylic acid groups (broad SMARTS) is 4. The number of hydrogen-bond acceptors (Lipinski definition) is 8. The smallest absolute Gasteiger partial charge is 0.354 e. The van der Waals surface area contributed by atoms with Gasteiger partial charge in [-0.15, -0.1) is 0 Å². The van der Waals surface area contributed by atoms with Gasteiger partial charge < -0.3 is 20.4 Å². The summed E-state index contributed by atoms with van der Waals surface area (Å²) in [7, 11) is 0. The van der Waals surface area contributed by atoms with Crippen LogP contribution in [0, 0.1) is 0 Å². The van der Waals surface area contributed by atoms with Crippen LogP contribution >= 0.6 is 0 Å². The molecule has 0 spiro atoms. The van der Waals surface area contributed by atoms with Crippen molar-refractivity contribution in [3.63, 3.8) is 0 Å². The van der Waals surface area contributed by atoms with E-state index in [1.807, 2.05) is 0 Å². The second kappa shape index (κ2) is 16.1. The molecule has 184 valence electrons. The Bertz CT molecular complexity index is 1030. The molecule has 4 heterocycles. The Balaban J connectivity index is 0.000000240. The van der Waals surface area contributed by atoms with Gasteiger partial charge in [-0.1, -0.05) is 24.3 Å². The van der Waals surface area contributed by atoms with E-state index >= 15 is 0 Å². The molecule has 0 unspecified atom stereocenters. The molecule has 0 aliphatic heterocycles. The molecule has 4 aromatic heterocycles. The standard InChI is InChI=1S/4C6H5NO2/c4*8-6(9)5-3-1-2-4-7-5/h4*1-4H,(H,8,9). The highest BCUT2D eigenvalue weighted by molar-refractivity contribution is 5.86. The summed E-state index contributed by atoms with van der Waals surface area (Å²) in [5.41, 5.74) is 0.324. The maximum atomic E-state index is 10.1. The minimum Gasteiger partial charge on any atom is -0.477 e. The van der Waals surface area contributed by atoms with Crippen molar-refractivity contribution < 1.29 is 39.6 Å². The lowest BCUT2D eigenvalue weighted by atomic mass is 10.4. The van der Waals surface area contributed by atoms with Gasteiger partial charge in [0.1, 0.15) is 22.8 Å². The van der Waals surface area contributed by atoms with E-state index in [0.717, 1.165) is 0 Å². The summed E-state index contributed by atoms with van der Waals surface area (Å²) < 4.78 is 0. The second-order valence-electron chi connectivity index (χ2n) is 6.08. The van der Waals surface area contributed by atoms with Crippen molar-refractivity contribution in [1.29, 1.82) is 0 Å². The van der Waals surface area contributed by atoms with Crippen LogP contribution in [0.4, 0.5) is 0 Å². The van der Waals surface area contributed by atoms with Gasteiger partial charge in [-0.2, -0.15) is 0 Å². The number of aromatic carboxylic acids is 4. The molecule has 0 atom stereocenters. The fourth-order valence-corrected chi connectivity index (χ4v) is 1.96. The van der Waals surface area contributed by atoms with Gasteiger partial charge in [0.05, 0.1) is 0 Å². The van der Waals surface area contributed by atoms with Crippen molar-refractivity contribution in [2.45, 2.75) is 0 Å². The SMILES string of the molecule is O=C(O)c1ccccn1.O=C(O)c1ccccn1.O=C(O)c1ccccn1.O=C(O)c1ccccn1. The zero-order valence-electron chi connectivity index (χ0n) is 18.4. The van der Waals surface area contributed by atoms with E-state index in [2.05, 4.69) is 19.9 Å². The van der Waals surface area contributed by atoms with E-state index < -0.39 is 23.9 Å². The third-order valence-corrected chi connectivity index (χ3v) is 3.54. The van der Waals surface area contributed by atoms with Gasteiger partial charge in [0.15, 0.2) is 0 Å². The number of rotatable bonds is 4. The van der Waals surface area contributed by atoms with Crippen molar-refractivity contribution in [2.75, 3.05) is 0 Å². The fraction of sp³-hybridized carbons (Fsp3) is 0. The van der Waals surface area contributed by atoms with Crippen molar-refractivity contribution >= 4 is 23.9 Å². The summed E-state index contributed by atoms with van der Waals surface area (Å²) in [6, 6.07) is 19.0. The van der Waals surface area contributed by atoms with Gasteiger partial charge in [0.25, 0.3) is 0 Å². The monoisotopic (exact) mass is 492 g/mol. The Morgan fingerprint density at radius 2 is 0.583 bits per heavy atom. The average molecular weight is 492 g/mol. The molecule has 12 nitrogen and oxygen atoms in total. The third kappa shape index (κ3) is 11.9. The van der Waals surface area contributed by atoms with Crippen molar-refractivity contribution in [2.24, 2.45) is 0 Å². The van der Waals surface area contributed by atoms with Crippen LogP contribution in [-0.2, 0) is 0 Å². The molecule has 4 aromatic rings. The number of pyridine rings is 4. The quantitative estimate of drug-likeness (QED) is 0.325. The summed E-state index contributed by atoms with van der Waals surface area (Å²) in [6.45, 7) is 0. The predicted molar refractivity (Wildman–Crippen MR) is 125 cm³/mol. The lowest BCUT2D eigenvalue weighted by Gasteiger charge is -1.87. The number of nitrogens with zero attached hydrogens (tertiary/aromatic N) is 4. The molecule has 12 heteroatoms. The minimum absolute atomic E-state index is 0.0810. The Morgan fingerprint density at radius 1 is 0.389 bits per heavy atom. The van der Waals surface area contributed by atoms with Crippen LogP contribution < -0.4 is 0 Å². The van der Waals surface area contributed by atoms with E-state index in [4.69, 9.17) is 20.4 Å². The zero-order chi connectivity index (χ0) is 26.8. The highest BCUT2D eigenvalue weighted by Crippen LogP contribution is 1.92. The van der Waals surface area contributed by atoms with E-state index in [1.54, 1.807) is 48.5 Å². The molecule has 0 saturated heterocycles. The van der Waals surface area contributed by atoms with Gasteiger partial charge >= 0.3 is 23.9 Å². The molecule has 0 saturated carbocycles. The molecular weight excluding hydrogens is 472 g/mol. The Hall–Kier alpha value is -5.52. The first-order valence-corrected chi connectivity index (χ1v) is 9.79. The highest BCUT2D eigenvalue weighted by Gasteiger charge is 2.00. The first-order valence-electron chi connectivity index (χ1n) is 9.79. The van der Waals surface area contributed by atoms with Crippen LogP contribution in [0.15, 0.2) is 97.6 Å². The Labute approximate surface area is 204 Å². The topological polar surface area (TPSA) is 201 Å². The summed E-state index contributed by atoms with van der Waals surface area (Å²) in [4.78, 5) is 54.9. The number of carbonyl (C=O) groups is 4.